The van der Waals surface area contributed by atoms with E-state index in [0.29, 0.717) is 23.3 Å². The Morgan fingerprint density at radius 2 is 1.96 bits per heavy atom. The topological polar surface area (TPSA) is 98.2 Å². The molecule has 9 heteroatoms. The molecule has 136 valence electrons. The summed E-state index contributed by atoms with van der Waals surface area (Å²) in [5.74, 6) is 0.881. The van der Waals surface area contributed by atoms with Gasteiger partial charge in [-0.3, -0.25) is 4.57 Å². The number of aliphatic hydroxyl groups excluding tert-OH is 1. The highest BCUT2D eigenvalue weighted by Crippen LogP contribution is 2.33. The summed E-state index contributed by atoms with van der Waals surface area (Å²) in [7, 11) is -3.22. The molecule has 0 bridgehead atoms. The largest absolute Gasteiger partial charge is 0.461 e. The Hall–Kier alpha value is -2.10. The molecule has 0 radical (unpaired) electrons. The number of hydrogen-bond donors (Lipinski definition) is 1. The summed E-state index contributed by atoms with van der Waals surface area (Å²) in [5.41, 5.74) is 1.06. The fourth-order valence-corrected chi connectivity index (χ4v) is 6.44. The molecule has 0 saturated carbocycles. The highest BCUT2D eigenvalue weighted by atomic mass is 32.2. The molecule has 3 heterocycles. The molecule has 1 saturated heterocycles. The van der Waals surface area contributed by atoms with Crippen molar-refractivity contribution >= 4 is 21.6 Å². The van der Waals surface area contributed by atoms with Crippen molar-refractivity contribution in [1.82, 2.24) is 14.8 Å². The minimum atomic E-state index is -3.22. The number of aromatic nitrogens is 3. The number of hydrogen-bond acceptors (Lipinski definition) is 7. The minimum absolute atomic E-state index is 0.0624. The second-order valence-corrected chi connectivity index (χ2v) is 9.52. The van der Waals surface area contributed by atoms with E-state index < -0.39 is 21.2 Å². The first-order valence-corrected chi connectivity index (χ1v) is 10.8. The van der Waals surface area contributed by atoms with Crippen molar-refractivity contribution in [2.24, 2.45) is 0 Å². The van der Waals surface area contributed by atoms with Crippen molar-refractivity contribution in [2.75, 3.05) is 11.5 Å². The zero-order chi connectivity index (χ0) is 18.1. The first-order valence-electron chi connectivity index (χ1n) is 8.08. The van der Waals surface area contributed by atoms with Crippen molar-refractivity contribution in [3.63, 3.8) is 0 Å². The molecule has 1 aromatic carbocycles. The van der Waals surface area contributed by atoms with Gasteiger partial charge in [0.25, 0.3) is 0 Å². The Kier molecular flexibility index (Phi) is 4.60. The molecule has 0 aliphatic carbocycles. The number of sulfone groups is 1. The van der Waals surface area contributed by atoms with Crippen molar-refractivity contribution in [3.8, 4) is 11.6 Å². The predicted molar refractivity (Wildman–Crippen MR) is 97.6 cm³/mol. The second-order valence-electron chi connectivity index (χ2n) is 6.16. The van der Waals surface area contributed by atoms with Crippen LogP contribution in [0.25, 0.3) is 11.6 Å². The van der Waals surface area contributed by atoms with Crippen molar-refractivity contribution in [2.45, 2.75) is 23.1 Å². The van der Waals surface area contributed by atoms with Crippen molar-refractivity contribution in [3.05, 3.63) is 54.3 Å². The average molecular weight is 391 g/mol. The third-order valence-corrected chi connectivity index (χ3v) is 7.39. The number of benzene rings is 1. The second kappa shape index (κ2) is 6.90. The molecule has 2 atom stereocenters. The van der Waals surface area contributed by atoms with Crippen LogP contribution in [0.5, 0.6) is 0 Å². The molecule has 0 spiro atoms. The average Bonchev–Trinajstić information content (AvgIpc) is 3.30. The van der Waals surface area contributed by atoms with E-state index in [2.05, 4.69) is 10.2 Å². The Bertz CT molecular complexity index is 984. The number of aliphatic hydroxyl groups is 1. The third-order valence-electron chi connectivity index (χ3n) is 4.17. The van der Waals surface area contributed by atoms with E-state index >= 15 is 0 Å². The van der Waals surface area contributed by atoms with Crippen LogP contribution in [0.4, 0.5) is 0 Å². The molecule has 1 aliphatic heterocycles. The molecular weight excluding hydrogens is 374 g/mol. The van der Waals surface area contributed by atoms with Crippen LogP contribution in [0.2, 0.25) is 0 Å². The molecule has 1 fully saturated rings. The lowest BCUT2D eigenvalue weighted by atomic mass is 10.2. The maximum atomic E-state index is 11.8. The van der Waals surface area contributed by atoms with Gasteiger partial charge in [0.05, 0.1) is 35.7 Å². The summed E-state index contributed by atoms with van der Waals surface area (Å²) < 4.78 is 30.9. The molecule has 2 aromatic heterocycles. The van der Waals surface area contributed by atoms with E-state index in [1.807, 2.05) is 34.9 Å². The first kappa shape index (κ1) is 17.3. The normalized spacial score (nSPS) is 21.9. The summed E-state index contributed by atoms with van der Waals surface area (Å²) in [6, 6.07) is 13.4. The van der Waals surface area contributed by atoms with Gasteiger partial charge in [-0.05, 0) is 17.7 Å². The van der Waals surface area contributed by atoms with E-state index in [-0.39, 0.29) is 11.5 Å². The number of thioether (sulfide) groups is 1. The third kappa shape index (κ3) is 3.55. The van der Waals surface area contributed by atoms with Gasteiger partial charge < -0.3 is 9.52 Å². The van der Waals surface area contributed by atoms with E-state index in [9.17, 15) is 13.5 Å². The summed E-state index contributed by atoms with van der Waals surface area (Å²) in [5, 5.41) is 18.6. The maximum Gasteiger partial charge on any atom is 0.200 e. The maximum absolute atomic E-state index is 11.8. The van der Waals surface area contributed by atoms with E-state index in [0.717, 1.165) is 5.56 Å². The standard InChI is InChI=1S/C17H17N3O4S2/c21-13-10-26(22,23)11-15(13)25-17-19-18-16(14-7-4-8-24-14)20(17)9-12-5-2-1-3-6-12/h1-8,13,15,21H,9-11H2/t13-,15+/m0/s1. The monoisotopic (exact) mass is 391 g/mol. The number of furan rings is 1. The zero-order valence-electron chi connectivity index (χ0n) is 13.7. The lowest BCUT2D eigenvalue weighted by Crippen LogP contribution is -2.20. The van der Waals surface area contributed by atoms with Crippen LogP contribution in [0, 0.1) is 0 Å². The lowest BCUT2D eigenvalue weighted by Gasteiger charge is -2.13. The summed E-state index contributed by atoms with van der Waals surface area (Å²) >= 11 is 1.24. The van der Waals surface area contributed by atoms with E-state index in [1.54, 1.807) is 18.4 Å². The Balaban J connectivity index is 1.68. The van der Waals surface area contributed by atoms with Crippen LogP contribution >= 0.6 is 11.8 Å². The SMILES string of the molecule is O=S1(=O)C[C@H](O)[C@H](Sc2nnc(-c3ccco3)n2Cc2ccccc2)C1. The van der Waals surface area contributed by atoms with Gasteiger partial charge in [0.15, 0.2) is 20.8 Å². The summed E-state index contributed by atoms with van der Waals surface area (Å²) in [6.07, 6.45) is 0.663. The van der Waals surface area contributed by atoms with E-state index in [4.69, 9.17) is 4.42 Å². The highest BCUT2D eigenvalue weighted by Gasteiger charge is 2.38. The molecule has 0 amide bonds. The van der Waals surface area contributed by atoms with Gasteiger partial charge in [-0.2, -0.15) is 0 Å². The van der Waals surface area contributed by atoms with Gasteiger partial charge in [0, 0.05) is 0 Å². The van der Waals surface area contributed by atoms with Crippen LogP contribution in [0.1, 0.15) is 5.56 Å². The quantitative estimate of drug-likeness (QED) is 0.708. The van der Waals surface area contributed by atoms with Gasteiger partial charge >= 0.3 is 0 Å². The smallest absolute Gasteiger partial charge is 0.200 e. The molecule has 3 aromatic rings. The summed E-state index contributed by atoms with van der Waals surface area (Å²) in [6.45, 7) is 0.516. The molecular formula is C17H17N3O4S2. The zero-order valence-corrected chi connectivity index (χ0v) is 15.4. The molecule has 1 aliphatic rings. The van der Waals surface area contributed by atoms with Gasteiger partial charge in [0.2, 0.25) is 5.82 Å². The van der Waals surface area contributed by atoms with Crippen LogP contribution in [0.3, 0.4) is 0 Å². The highest BCUT2D eigenvalue weighted by molar-refractivity contribution is 8.01. The van der Waals surface area contributed by atoms with Gasteiger partial charge in [-0.25, -0.2) is 8.42 Å². The van der Waals surface area contributed by atoms with Crippen LogP contribution < -0.4 is 0 Å². The molecule has 0 unspecified atom stereocenters. The van der Waals surface area contributed by atoms with Crippen molar-refractivity contribution in [1.29, 1.82) is 0 Å². The number of rotatable bonds is 5. The van der Waals surface area contributed by atoms with Crippen LogP contribution in [0.15, 0.2) is 58.3 Å². The fraction of sp³-hybridized carbons (Fsp3) is 0.294. The van der Waals surface area contributed by atoms with Gasteiger partial charge in [-0.1, -0.05) is 42.1 Å². The predicted octanol–water partition coefficient (Wildman–Crippen LogP) is 1.84. The number of nitrogens with zero attached hydrogens (tertiary/aromatic N) is 3. The molecule has 7 nitrogen and oxygen atoms in total. The Labute approximate surface area is 155 Å². The Morgan fingerprint density at radius 3 is 2.62 bits per heavy atom. The minimum Gasteiger partial charge on any atom is -0.461 e. The first-order chi connectivity index (χ1) is 12.5. The summed E-state index contributed by atoms with van der Waals surface area (Å²) in [4.78, 5) is 0. The molecule has 1 N–H and O–H groups in total. The van der Waals surface area contributed by atoms with Crippen LogP contribution in [-0.2, 0) is 16.4 Å². The molecule has 26 heavy (non-hydrogen) atoms. The fourth-order valence-electron chi connectivity index (χ4n) is 2.92. The van der Waals surface area contributed by atoms with Crippen molar-refractivity contribution < 1.29 is 17.9 Å². The van der Waals surface area contributed by atoms with Gasteiger partial charge in [0.1, 0.15) is 0 Å². The van der Waals surface area contributed by atoms with Gasteiger partial charge in [-0.15, -0.1) is 10.2 Å². The lowest BCUT2D eigenvalue weighted by molar-refractivity contribution is 0.207. The Morgan fingerprint density at radius 1 is 1.15 bits per heavy atom. The van der Waals surface area contributed by atoms with E-state index in [1.165, 1.54) is 11.8 Å². The molecule has 4 rings (SSSR count). The van der Waals surface area contributed by atoms with Crippen LogP contribution in [-0.4, -0.2) is 51.1 Å².